The average Bonchev–Trinajstić information content (AvgIpc) is 3.49. The zero-order chi connectivity index (χ0) is 32.3. The van der Waals surface area contributed by atoms with Crippen LogP contribution in [0.15, 0.2) is 42.5 Å². The number of aryl methyl sites for hydroxylation is 1. The van der Waals surface area contributed by atoms with Crippen LogP contribution in [0.3, 0.4) is 0 Å². The van der Waals surface area contributed by atoms with Gasteiger partial charge in [0.05, 0.1) is 5.69 Å². The molecule has 238 valence electrons. The van der Waals surface area contributed by atoms with Crippen LogP contribution in [0.5, 0.6) is 0 Å². The minimum Gasteiger partial charge on any atom is -0.351 e. The van der Waals surface area contributed by atoms with Gasteiger partial charge in [-0.15, -0.1) is 5.10 Å². The molecule has 2 heterocycles. The van der Waals surface area contributed by atoms with E-state index in [2.05, 4.69) is 32.0 Å². The smallest absolute Gasteiger partial charge is 0.320 e. The molecule has 2 aromatic carbocycles. The number of hydrogen-bond donors (Lipinski definition) is 3. The van der Waals surface area contributed by atoms with Crippen LogP contribution >= 0.6 is 0 Å². The molecule has 4 N–H and O–H groups in total. The van der Waals surface area contributed by atoms with E-state index in [4.69, 9.17) is 5.73 Å². The first-order chi connectivity index (χ1) is 21.5. The fraction of sp³-hybridized carbons (Fsp3) is 0.469. The summed E-state index contributed by atoms with van der Waals surface area (Å²) in [4.78, 5) is 57.4. The molecule has 0 bridgehead atoms. The van der Waals surface area contributed by atoms with Crippen molar-refractivity contribution in [2.45, 2.75) is 83.7 Å². The van der Waals surface area contributed by atoms with Crippen LogP contribution < -0.4 is 25.8 Å². The first-order valence-electron chi connectivity index (χ1n) is 15.4. The highest BCUT2D eigenvalue weighted by Crippen LogP contribution is 2.46. The van der Waals surface area contributed by atoms with Crippen molar-refractivity contribution in [3.63, 3.8) is 0 Å². The van der Waals surface area contributed by atoms with Crippen molar-refractivity contribution >= 4 is 47.3 Å². The number of nitrogens with two attached hydrogens (primary N) is 1. The van der Waals surface area contributed by atoms with E-state index in [1.807, 2.05) is 39.8 Å². The van der Waals surface area contributed by atoms with E-state index in [-0.39, 0.29) is 24.3 Å². The maximum atomic E-state index is 14.7. The Balaban J connectivity index is 1.62. The molecule has 0 radical (unpaired) electrons. The van der Waals surface area contributed by atoms with Crippen molar-refractivity contribution in [3.8, 4) is 0 Å². The molecule has 1 saturated carbocycles. The maximum Gasteiger partial charge on any atom is 0.320 e. The number of hydrogen-bond acceptors (Lipinski definition) is 7. The van der Waals surface area contributed by atoms with E-state index in [0.717, 1.165) is 41.7 Å². The molecule has 1 aromatic heterocycles. The van der Waals surface area contributed by atoms with Crippen LogP contribution in [-0.4, -0.2) is 63.0 Å². The first-order valence-corrected chi connectivity index (χ1v) is 15.4. The highest BCUT2D eigenvalue weighted by molar-refractivity contribution is 6.08. The van der Waals surface area contributed by atoms with Gasteiger partial charge in [-0.2, -0.15) is 5.21 Å². The number of primary amides is 1. The molecule has 2 aliphatic rings. The summed E-state index contributed by atoms with van der Waals surface area (Å²) >= 11 is 0. The third-order valence-corrected chi connectivity index (χ3v) is 8.53. The van der Waals surface area contributed by atoms with Crippen LogP contribution in [0.1, 0.15) is 76.3 Å². The summed E-state index contributed by atoms with van der Waals surface area (Å²) < 4.78 is 0. The van der Waals surface area contributed by atoms with Crippen LogP contribution in [0.2, 0.25) is 0 Å². The minimum atomic E-state index is -1.02. The Morgan fingerprint density at radius 3 is 2.49 bits per heavy atom. The van der Waals surface area contributed by atoms with Crippen molar-refractivity contribution in [3.05, 3.63) is 53.6 Å². The molecule has 1 fully saturated rings. The summed E-state index contributed by atoms with van der Waals surface area (Å²) in [5.74, 6) is -0.464. The summed E-state index contributed by atoms with van der Waals surface area (Å²) in [6.07, 6.45) is 6.23. The summed E-state index contributed by atoms with van der Waals surface area (Å²) in [6.45, 7) is 7.39. The third-order valence-electron chi connectivity index (χ3n) is 8.53. The van der Waals surface area contributed by atoms with Crippen molar-refractivity contribution in [2.75, 3.05) is 21.2 Å². The molecule has 2 unspecified atom stereocenters. The molecule has 45 heavy (non-hydrogen) atoms. The van der Waals surface area contributed by atoms with E-state index in [1.54, 1.807) is 24.3 Å². The second kappa shape index (κ2) is 13.0. The number of H-pyrrole nitrogens is 1. The van der Waals surface area contributed by atoms with Crippen LogP contribution in [-0.2, 0) is 14.4 Å². The number of nitrogens with zero attached hydrogens (tertiary/aromatic N) is 6. The van der Waals surface area contributed by atoms with Crippen LogP contribution in [0.4, 0.5) is 27.8 Å². The number of carbonyl (C=O) groups excluding carboxylic acids is 4. The second-order valence-electron chi connectivity index (χ2n) is 13.0. The standard InChI is InChI=1S/C32H41N9O4/c1-20-13-14-24-25(21-9-6-5-7-10-21)17-27(29(44)39(26(24)15-20)18-28(43)34-32(2,3)4)41(30(33)45)23-12-8-11-22(16-23)40(19-42)31-35-37-38-36-31/h8,11-16,19,21,25,27H,5-7,9-10,17-18H2,1-4H3,(H2,33,45)(H,34,43)(H,35,36,37,38). The van der Waals surface area contributed by atoms with Gasteiger partial charge in [0.1, 0.15) is 12.6 Å². The summed E-state index contributed by atoms with van der Waals surface area (Å²) in [7, 11) is 0. The lowest BCUT2D eigenvalue weighted by Crippen LogP contribution is -2.55. The number of aromatic nitrogens is 4. The maximum absolute atomic E-state index is 14.7. The van der Waals surface area contributed by atoms with E-state index in [0.29, 0.717) is 35.8 Å². The van der Waals surface area contributed by atoms with E-state index >= 15 is 0 Å². The number of tetrazole rings is 1. The topological polar surface area (TPSA) is 171 Å². The Kier molecular flexibility index (Phi) is 9.16. The lowest BCUT2D eigenvalue weighted by atomic mass is 9.74. The quantitative estimate of drug-likeness (QED) is 0.321. The monoisotopic (exact) mass is 615 g/mol. The van der Waals surface area contributed by atoms with E-state index in [9.17, 15) is 19.2 Å². The average molecular weight is 616 g/mol. The highest BCUT2D eigenvalue weighted by Gasteiger charge is 2.43. The van der Waals surface area contributed by atoms with Gasteiger partial charge in [0.25, 0.3) is 11.9 Å². The van der Waals surface area contributed by atoms with Gasteiger partial charge in [-0.3, -0.25) is 19.3 Å². The van der Waals surface area contributed by atoms with Gasteiger partial charge in [0.2, 0.25) is 12.3 Å². The fourth-order valence-electron chi connectivity index (χ4n) is 6.67. The summed E-state index contributed by atoms with van der Waals surface area (Å²) in [5, 5.41) is 16.6. The van der Waals surface area contributed by atoms with Crippen molar-refractivity contribution in [2.24, 2.45) is 11.7 Å². The lowest BCUT2D eigenvalue weighted by molar-refractivity contribution is -0.125. The van der Waals surface area contributed by atoms with Crippen LogP contribution in [0, 0.1) is 12.8 Å². The minimum absolute atomic E-state index is 0.0116. The Morgan fingerprint density at radius 2 is 1.84 bits per heavy atom. The number of nitrogens with one attached hydrogen (secondary N) is 2. The number of carbonyl (C=O) groups is 4. The molecule has 5 rings (SSSR count). The molecule has 13 heteroatoms. The molecular formula is C32H41N9O4. The summed E-state index contributed by atoms with van der Waals surface area (Å²) in [6, 6.07) is 10.8. The number of urea groups is 1. The molecule has 1 aliphatic carbocycles. The third kappa shape index (κ3) is 6.97. The second-order valence-corrected chi connectivity index (χ2v) is 13.0. The van der Waals surface area contributed by atoms with Gasteiger partial charge in [0, 0.05) is 16.9 Å². The fourth-order valence-corrected chi connectivity index (χ4v) is 6.67. The predicted molar refractivity (Wildman–Crippen MR) is 170 cm³/mol. The SMILES string of the molecule is Cc1ccc2c(c1)N(CC(=O)NC(C)(C)C)C(=O)C(N(C(N)=O)c1cccc(N(C=O)c3nn[nH]n3)c1)CC2C1CCCCC1. The van der Waals surface area contributed by atoms with Gasteiger partial charge < -0.3 is 16.0 Å². The van der Waals surface area contributed by atoms with Crippen molar-refractivity contribution in [1.29, 1.82) is 0 Å². The van der Waals surface area contributed by atoms with Crippen molar-refractivity contribution in [1.82, 2.24) is 25.9 Å². The number of fused-ring (bicyclic) bond motifs is 1. The molecule has 3 aromatic rings. The zero-order valence-electron chi connectivity index (χ0n) is 26.2. The molecule has 5 amide bonds. The van der Waals surface area contributed by atoms with Crippen molar-refractivity contribution < 1.29 is 19.2 Å². The summed E-state index contributed by atoms with van der Waals surface area (Å²) in [5.41, 5.74) is 8.86. The van der Waals surface area contributed by atoms with Gasteiger partial charge in [-0.05, 0) is 99.4 Å². The first kappa shape index (κ1) is 31.6. The molecule has 0 spiro atoms. The van der Waals surface area contributed by atoms with E-state index < -0.39 is 23.5 Å². The van der Waals surface area contributed by atoms with Crippen LogP contribution in [0.25, 0.3) is 0 Å². The molecular weight excluding hydrogens is 574 g/mol. The molecule has 1 aliphatic heterocycles. The zero-order valence-corrected chi connectivity index (χ0v) is 26.2. The number of rotatable bonds is 8. The van der Waals surface area contributed by atoms with Gasteiger partial charge >= 0.3 is 6.03 Å². The Labute approximate surface area is 262 Å². The number of anilines is 4. The Hall–Kier alpha value is -4.81. The largest absolute Gasteiger partial charge is 0.351 e. The highest BCUT2D eigenvalue weighted by atomic mass is 16.2. The number of amides is 5. The molecule has 0 saturated heterocycles. The normalized spacial score (nSPS) is 18.9. The van der Waals surface area contributed by atoms with Gasteiger partial charge in [0.15, 0.2) is 0 Å². The number of aromatic amines is 1. The van der Waals surface area contributed by atoms with Gasteiger partial charge in [-0.25, -0.2) is 9.69 Å². The Morgan fingerprint density at radius 1 is 1.11 bits per heavy atom. The lowest BCUT2D eigenvalue weighted by Gasteiger charge is -2.35. The Bertz CT molecular complexity index is 1550. The molecule has 13 nitrogen and oxygen atoms in total. The molecule has 2 atom stereocenters. The van der Waals surface area contributed by atoms with E-state index in [1.165, 1.54) is 16.2 Å². The van der Waals surface area contributed by atoms with Gasteiger partial charge in [-0.1, -0.05) is 42.6 Å². The number of benzene rings is 2. The predicted octanol–water partition coefficient (Wildman–Crippen LogP) is 4.07.